The molecule has 2 aromatic rings. The number of hydrogen-bond donors (Lipinski definition) is 1. The molecule has 1 aliphatic carbocycles. The van der Waals surface area contributed by atoms with Gasteiger partial charge < -0.3 is 9.88 Å². The smallest absolute Gasteiger partial charge is 0.378 e. The van der Waals surface area contributed by atoms with Crippen molar-refractivity contribution in [2.75, 3.05) is 5.32 Å². The van der Waals surface area contributed by atoms with Crippen molar-refractivity contribution in [1.29, 1.82) is 0 Å². The van der Waals surface area contributed by atoms with E-state index in [1.165, 1.54) is 12.3 Å². The van der Waals surface area contributed by atoms with Crippen LogP contribution in [0.1, 0.15) is 30.3 Å². The monoisotopic (exact) mass is 282 g/mol. The van der Waals surface area contributed by atoms with Crippen LogP contribution in [0.4, 0.5) is 18.9 Å². The van der Waals surface area contributed by atoms with Crippen molar-refractivity contribution in [3.63, 3.8) is 0 Å². The Morgan fingerprint density at radius 2 is 2.05 bits per heavy atom. The van der Waals surface area contributed by atoms with E-state index in [9.17, 15) is 13.2 Å². The van der Waals surface area contributed by atoms with Crippen LogP contribution in [0.15, 0.2) is 30.9 Å². The zero-order valence-corrected chi connectivity index (χ0v) is 10.6. The Morgan fingerprint density at radius 1 is 1.25 bits per heavy atom. The molecule has 0 spiro atoms. The van der Waals surface area contributed by atoms with Crippen molar-refractivity contribution in [1.82, 2.24) is 14.5 Å². The summed E-state index contributed by atoms with van der Waals surface area (Å²) in [5, 5.41) is 3.06. The third kappa shape index (κ3) is 2.76. The molecule has 0 aliphatic heterocycles. The highest BCUT2D eigenvalue weighted by Crippen LogP contribution is 2.35. The summed E-state index contributed by atoms with van der Waals surface area (Å²) in [4.78, 5) is 7.51. The summed E-state index contributed by atoms with van der Waals surface area (Å²) in [7, 11) is 0. The van der Waals surface area contributed by atoms with Crippen LogP contribution in [-0.2, 0) is 12.7 Å². The first-order chi connectivity index (χ1) is 9.54. The third-order valence-corrected chi connectivity index (χ3v) is 3.21. The number of nitrogens with one attached hydrogen (secondary N) is 1. The zero-order valence-electron chi connectivity index (χ0n) is 10.6. The van der Waals surface area contributed by atoms with Crippen molar-refractivity contribution in [3.8, 4) is 0 Å². The van der Waals surface area contributed by atoms with Gasteiger partial charge in [-0.05, 0) is 25.0 Å². The lowest BCUT2D eigenvalue weighted by molar-refractivity contribution is -0.141. The van der Waals surface area contributed by atoms with Crippen LogP contribution in [0.2, 0.25) is 0 Å². The van der Waals surface area contributed by atoms with E-state index in [0.717, 1.165) is 24.6 Å². The molecular formula is C13H13F3N4. The quantitative estimate of drug-likeness (QED) is 0.936. The number of halogens is 3. The molecule has 2 aromatic heterocycles. The Labute approximate surface area is 113 Å². The topological polar surface area (TPSA) is 42.7 Å². The molecule has 0 radical (unpaired) electrons. The molecule has 0 amide bonds. The van der Waals surface area contributed by atoms with E-state index in [1.807, 2.05) is 0 Å². The van der Waals surface area contributed by atoms with Gasteiger partial charge in [0, 0.05) is 12.2 Å². The lowest BCUT2D eigenvalue weighted by Crippen LogP contribution is -2.09. The molecule has 20 heavy (non-hydrogen) atoms. The van der Waals surface area contributed by atoms with Crippen LogP contribution >= 0.6 is 0 Å². The third-order valence-electron chi connectivity index (χ3n) is 3.21. The average molecular weight is 282 g/mol. The highest BCUT2D eigenvalue weighted by molar-refractivity contribution is 5.41. The molecule has 4 nitrogen and oxygen atoms in total. The number of pyridine rings is 1. The van der Waals surface area contributed by atoms with Crippen LogP contribution in [0.25, 0.3) is 0 Å². The Morgan fingerprint density at radius 3 is 2.65 bits per heavy atom. The first kappa shape index (κ1) is 13.0. The largest absolute Gasteiger partial charge is 0.433 e. The zero-order chi connectivity index (χ0) is 14.2. The molecule has 0 unspecified atom stereocenters. The second kappa shape index (κ2) is 4.81. The summed E-state index contributed by atoms with van der Waals surface area (Å²) in [6, 6.07) is 2.88. The maximum atomic E-state index is 12.4. The predicted octanol–water partition coefficient (Wildman–Crippen LogP) is 3.24. The van der Waals surface area contributed by atoms with E-state index in [4.69, 9.17) is 0 Å². The minimum absolute atomic E-state index is 0.517. The van der Waals surface area contributed by atoms with Crippen LogP contribution in [0.5, 0.6) is 0 Å². The fraction of sp³-hybridized carbons (Fsp3) is 0.385. The minimum atomic E-state index is -4.40. The molecule has 106 valence electrons. The number of rotatable bonds is 4. The van der Waals surface area contributed by atoms with E-state index in [-0.39, 0.29) is 0 Å². The molecule has 0 atom stereocenters. The van der Waals surface area contributed by atoms with Crippen LogP contribution in [-0.4, -0.2) is 14.5 Å². The van der Waals surface area contributed by atoms with Crippen molar-refractivity contribution < 1.29 is 13.2 Å². The SMILES string of the molecule is FC(F)(F)c1ccc(NCc2cncn2C2CC2)cn1. The average Bonchev–Trinajstić information content (AvgIpc) is 3.15. The second-order valence-corrected chi connectivity index (χ2v) is 4.81. The van der Waals surface area contributed by atoms with Gasteiger partial charge in [-0.25, -0.2) is 9.97 Å². The van der Waals surface area contributed by atoms with E-state index in [0.29, 0.717) is 18.3 Å². The first-order valence-corrected chi connectivity index (χ1v) is 6.32. The molecule has 1 aliphatic rings. The van der Waals surface area contributed by atoms with Crippen molar-refractivity contribution >= 4 is 5.69 Å². The highest BCUT2D eigenvalue weighted by Gasteiger charge is 2.32. The molecule has 0 bridgehead atoms. The van der Waals surface area contributed by atoms with Gasteiger partial charge >= 0.3 is 6.18 Å². The fourth-order valence-corrected chi connectivity index (χ4v) is 2.01. The first-order valence-electron chi connectivity index (χ1n) is 6.32. The summed E-state index contributed by atoms with van der Waals surface area (Å²) < 4.78 is 39.3. The number of nitrogens with zero attached hydrogens (tertiary/aromatic N) is 3. The Hall–Kier alpha value is -2.05. The van der Waals surface area contributed by atoms with E-state index in [1.54, 1.807) is 12.5 Å². The van der Waals surface area contributed by atoms with Gasteiger partial charge in [0.15, 0.2) is 0 Å². The normalized spacial score (nSPS) is 15.3. The summed E-state index contributed by atoms with van der Waals surface area (Å²) in [6.07, 6.45) is 2.67. The van der Waals surface area contributed by atoms with Crippen LogP contribution in [0, 0.1) is 0 Å². The summed E-state index contributed by atoms with van der Waals surface area (Å²) in [5.74, 6) is 0. The van der Waals surface area contributed by atoms with E-state index in [2.05, 4.69) is 19.9 Å². The van der Waals surface area contributed by atoms with E-state index < -0.39 is 11.9 Å². The van der Waals surface area contributed by atoms with Crippen molar-refractivity contribution in [2.45, 2.75) is 31.6 Å². The van der Waals surface area contributed by atoms with Gasteiger partial charge in [-0.3, -0.25) is 0 Å². The van der Waals surface area contributed by atoms with Crippen LogP contribution < -0.4 is 5.32 Å². The summed E-state index contributed by atoms with van der Waals surface area (Å²) >= 11 is 0. The van der Waals surface area contributed by atoms with Gasteiger partial charge in [0.05, 0.1) is 30.5 Å². The molecule has 0 saturated heterocycles. The van der Waals surface area contributed by atoms with Crippen LogP contribution in [0.3, 0.4) is 0 Å². The number of hydrogen-bond acceptors (Lipinski definition) is 3. The molecule has 1 saturated carbocycles. The minimum Gasteiger partial charge on any atom is -0.378 e. The molecule has 3 rings (SSSR count). The number of alkyl halides is 3. The second-order valence-electron chi connectivity index (χ2n) is 4.81. The molecular weight excluding hydrogens is 269 g/mol. The van der Waals surface area contributed by atoms with Gasteiger partial charge in [-0.15, -0.1) is 0 Å². The molecule has 1 fully saturated rings. The maximum absolute atomic E-state index is 12.4. The van der Waals surface area contributed by atoms with Gasteiger partial charge in [0.25, 0.3) is 0 Å². The molecule has 2 heterocycles. The Balaban J connectivity index is 1.65. The number of aromatic nitrogens is 3. The lowest BCUT2D eigenvalue weighted by atomic mass is 10.3. The Bertz CT molecular complexity index is 584. The fourth-order valence-electron chi connectivity index (χ4n) is 2.01. The van der Waals surface area contributed by atoms with Gasteiger partial charge in [-0.2, -0.15) is 13.2 Å². The number of imidazole rings is 1. The summed E-state index contributed by atoms with van der Waals surface area (Å²) in [6.45, 7) is 0.517. The summed E-state index contributed by atoms with van der Waals surface area (Å²) in [5.41, 5.74) is 0.694. The van der Waals surface area contributed by atoms with Crippen molar-refractivity contribution in [2.24, 2.45) is 0 Å². The molecule has 7 heteroatoms. The molecule has 1 N–H and O–H groups in total. The highest BCUT2D eigenvalue weighted by atomic mass is 19.4. The van der Waals surface area contributed by atoms with Crippen molar-refractivity contribution in [3.05, 3.63) is 42.2 Å². The lowest BCUT2D eigenvalue weighted by Gasteiger charge is -2.10. The standard InChI is InChI=1S/C13H13F3N4/c14-13(15,16)12-4-1-9(5-19-12)18-7-11-6-17-8-20(11)10-2-3-10/h1,4-6,8,10,18H,2-3,7H2. The van der Waals surface area contributed by atoms with Gasteiger partial charge in [0.2, 0.25) is 0 Å². The Kier molecular flexibility index (Phi) is 3.11. The number of anilines is 1. The van der Waals surface area contributed by atoms with E-state index >= 15 is 0 Å². The van der Waals surface area contributed by atoms with Gasteiger partial charge in [0.1, 0.15) is 5.69 Å². The van der Waals surface area contributed by atoms with Gasteiger partial charge in [-0.1, -0.05) is 0 Å². The maximum Gasteiger partial charge on any atom is 0.433 e. The predicted molar refractivity (Wildman–Crippen MR) is 67.1 cm³/mol. The molecule has 0 aromatic carbocycles.